The SMILES string of the molecule is CC(C)NC(C)(CO)CCCN1CCC2CCCCC2C1. The zero-order valence-electron chi connectivity index (χ0n) is 14.4. The van der Waals surface area contributed by atoms with Gasteiger partial charge in [0.2, 0.25) is 0 Å². The minimum absolute atomic E-state index is 0.114. The number of hydrogen-bond donors (Lipinski definition) is 2. The normalized spacial score (nSPS) is 30.1. The van der Waals surface area contributed by atoms with E-state index in [1.807, 2.05) is 0 Å². The summed E-state index contributed by atoms with van der Waals surface area (Å²) in [6.07, 6.45) is 9.54. The van der Waals surface area contributed by atoms with E-state index < -0.39 is 0 Å². The van der Waals surface area contributed by atoms with Crippen LogP contribution in [0.25, 0.3) is 0 Å². The molecule has 0 aromatic heterocycles. The van der Waals surface area contributed by atoms with Crippen LogP contribution in [0, 0.1) is 11.8 Å². The van der Waals surface area contributed by atoms with Gasteiger partial charge in [-0.2, -0.15) is 0 Å². The van der Waals surface area contributed by atoms with E-state index in [1.165, 1.54) is 58.2 Å². The van der Waals surface area contributed by atoms with Crippen LogP contribution in [0.15, 0.2) is 0 Å². The molecule has 1 saturated heterocycles. The first-order valence-electron chi connectivity index (χ1n) is 9.13. The van der Waals surface area contributed by atoms with E-state index in [4.69, 9.17) is 0 Å². The van der Waals surface area contributed by atoms with Crippen molar-refractivity contribution in [2.45, 2.75) is 77.3 Å². The predicted molar refractivity (Wildman–Crippen MR) is 89.5 cm³/mol. The Labute approximate surface area is 131 Å². The van der Waals surface area contributed by atoms with Gasteiger partial charge in [0.25, 0.3) is 0 Å². The number of rotatable bonds is 7. The van der Waals surface area contributed by atoms with Crippen molar-refractivity contribution in [1.29, 1.82) is 0 Å². The number of nitrogens with zero attached hydrogens (tertiary/aromatic N) is 1. The Morgan fingerprint density at radius 3 is 2.57 bits per heavy atom. The van der Waals surface area contributed by atoms with E-state index in [0.717, 1.165) is 18.3 Å². The lowest BCUT2D eigenvalue weighted by Crippen LogP contribution is -2.49. The lowest BCUT2D eigenvalue weighted by molar-refractivity contribution is 0.0809. The molecule has 1 saturated carbocycles. The fourth-order valence-electron chi connectivity index (χ4n) is 4.47. The average Bonchev–Trinajstić information content (AvgIpc) is 2.46. The molecule has 3 atom stereocenters. The summed E-state index contributed by atoms with van der Waals surface area (Å²) in [4.78, 5) is 2.68. The molecule has 0 radical (unpaired) electrons. The van der Waals surface area contributed by atoms with Crippen molar-refractivity contribution in [1.82, 2.24) is 10.2 Å². The van der Waals surface area contributed by atoms with E-state index in [-0.39, 0.29) is 12.1 Å². The van der Waals surface area contributed by atoms with Crippen LogP contribution in [0.3, 0.4) is 0 Å². The topological polar surface area (TPSA) is 35.5 Å². The van der Waals surface area contributed by atoms with E-state index in [1.54, 1.807) is 0 Å². The summed E-state index contributed by atoms with van der Waals surface area (Å²) in [6, 6.07) is 0.431. The Kier molecular flexibility index (Phi) is 6.51. The van der Waals surface area contributed by atoms with E-state index >= 15 is 0 Å². The van der Waals surface area contributed by atoms with Crippen LogP contribution in [-0.2, 0) is 0 Å². The zero-order valence-corrected chi connectivity index (χ0v) is 14.4. The first-order chi connectivity index (χ1) is 10.0. The van der Waals surface area contributed by atoms with Crippen molar-refractivity contribution >= 4 is 0 Å². The molecule has 3 heteroatoms. The zero-order chi connectivity index (χ0) is 15.3. The van der Waals surface area contributed by atoms with Gasteiger partial charge in [0.15, 0.2) is 0 Å². The quantitative estimate of drug-likeness (QED) is 0.758. The molecule has 0 amide bonds. The maximum absolute atomic E-state index is 9.65. The Morgan fingerprint density at radius 2 is 1.90 bits per heavy atom. The van der Waals surface area contributed by atoms with Gasteiger partial charge in [-0.3, -0.25) is 0 Å². The maximum atomic E-state index is 9.65. The predicted octanol–water partition coefficient (Wildman–Crippen LogP) is 3.03. The van der Waals surface area contributed by atoms with Gasteiger partial charge in [-0.25, -0.2) is 0 Å². The van der Waals surface area contributed by atoms with Crippen molar-refractivity contribution in [2.24, 2.45) is 11.8 Å². The molecule has 1 aliphatic heterocycles. The highest BCUT2D eigenvalue weighted by Gasteiger charge is 2.31. The highest BCUT2D eigenvalue weighted by molar-refractivity contribution is 4.86. The standard InChI is InChI=1S/C18H36N2O/c1-15(2)19-18(3,14-21)10-6-11-20-12-9-16-7-4-5-8-17(16)13-20/h15-17,19,21H,4-14H2,1-3H3. The molecule has 2 aliphatic rings. The molecular formula is C18H36N2O. The maximum Gasteiger partial charge on any atom is 0.0610 e. The van der Waals surface area contributed by atoms with Crippen molar-refractivity contribution in [3.05, 3.63) is 0 Å². The molecule has 21 heavy (non-hydrogen) atoms. The van der Waals surface area contributed by atoms with Crippen molar-refractivity contribution in [3.8, 4) is 0 Å². The summed E-state index contributed by atoms with van der Waals surface area (Å²) >= 11 is 0. The van der Waals surface area contributed by atoms with Crippen LogP contribution in [0.2, 0.25) is 0 Å². The average molecular weight is 296 g/mol. The third-order valence-corrected chi connectivity index (χ3v) is 5.56. The van der Waals surface area contributed by atoms with Gasteiger partial charge < -0.3 is 15.3 Å². The number of likely N-dealkylation sites (tertiary alicyclic amines) is 1. The molecular weight excluding hydrogens is 260 g/mol. The molecule has 1 aliphatic carbocycles. The second-order valence-corrected chi connectivity index (χ2v) is 8.02. The number of aliphatic hydroxyl groups is 1. The third-order valence-electron chi connectivity index (χ3n) is 5.56. The van der Waals surface area contributed by atoms with Crippen LogP contribution in [0.4, 0.5) is 0 Å². The Hall–Kier alpha value is -0.120. The number of fused-ring (bicyclic) bond motifs is 1. The summed E-state index contributed by atoms with van der Waals surface area (Å²) in [5.41, 5.74) is -0.114. The van der Waals surface area contributed by atoms with Crippen molar-refractivity contribution < 1.29 is 5.11 Å². The molecule has 3 nitrogen and oxygen atoms in total. The largest absolute Gasteiger partial charge is 0.394 e. The van der Waals surface area contributed by atoms with Gasteiger partial charge in [-0.15, -0.1) is 0 Å². The molecule has 2 N–H and O–H groups in total. The number of piperidine rings is 1. The number of nitrogens with one attached hydrogen (secondary N) is 1. The minimum Gasteiger partial charge on any atom is -0.394 e. The molecule has 3 unspecified atom stereocenters. The third kappa shape index (κ3) is 5.22. The van der Waals surface area contributed by atoms with Gasteiger partial charge >= 0.3 is 0 Å². The Bertz CT molecular complexity index is 308. The number of hydrogen-bond acceptors (Lipinski definition) is 3. The van der Waals surface area contributed by atoms with Crippen LogP contribution >= 0.6 is 0 Å². The molecule has 0 aromatic rings. The first-order valence-corrected chi connectivity index (χ1v) is 9.13. The highest BCUT2D eigenvalue weighted by Crippen LogP contribution is 2.36. The van der Waals surface area contributed by atoms with Gasteiger partial charge in [0.1, 0.15) is 0 Å². The summed E-state index contributed by atoms with van der Waals surface area (Å²) < 4.78 is 0. The van der Waals surface area contributed by atoms with Crippen molar-refractivity contribution in [2.75, 3.05) is 26.2 Å². The molecule has 124 valence electrons. The van der Waals surface area contributed by atoms with Gasteiger partial charge in [0, 0.05) is 18.1 Å². The monoisotopic (exact) mass is 296 g/mol. The highest BCUT2D eigenvalue weighted by atomic mass is 16.3. The molecule has 2 fully saturated rings. The molecule has 1 heterocycles. The number of aliphatic hydroxyl groups excluding tert-OH is 1. The van der Waals surface area contributed by atoms with E-state index in [2.05, 4.69) is 31.0 Å². The minimum atomic E-state index is -0.114. The Morgan fingerprint density at radius 1 is 1.19 bits per heavy atom. The second-order valence-electron chi connectivity index (χ2n) is 8.02. The molecule has 0 aromatic carbocycles. The lowest BCUT2D eigenvalue weighted by Gasteiger charge is -2.41. The van der Waals surface area contributed by atoms with Crippen molar-refractivity contribution in [3.63, 3.8) is 0 Å². The lowest BCUT2D eigenvalue weighted by atomic mass is 9.75. The van der Waals surface area contributed by atoms with Crippen LogP contribution in [0.5, 0.6) is 0 Å². The van der Waals surface area contributed by atoms with Gasteiger partial charge in [-0.1, -0.05) is 33.1 Å². The van der Waals surface area contributed by atoms with Gasteiger partial charge in [0.05, 0.1) is 6.61 Å². The fraction of sp³-hybridized carbons (Fsp3) is 1.00. The summed E-state index contributed by atoms with van der Waals surface area (Å²) in [5.74, 6) is 2.01. The van der Waals surface area contributed by atoms with E-state index in [0.29, 0.717) is 6.04 Å². The summed E-state index contributed by atoms with van der Waals surface area (Å²) in [5, 5.41) is 13.2. The van der Waals surface area contributed by atoms with Gasteiger partial charge in [-0.05, 0) is 57.5 Å². The Balaban J connectivity index is 1.70. The van der Waals surface area contributed by atoms with Crippen LogP contribution in [0.1, 0.15) is 65.7 Å². The fourth-order valence-corrected chi connectivity index (χ4v) is 4.47. The van der Waals surface area contributed by atoms with Crippen LogP contribution in [-0.4, -0.2) is 47.8 Å². The molecule has 0 spiro atoms. The summed E-state index contributed by atoms with van der Waals surface area (Å²) in [6.45, 7) is 10.5. The summed E-state index contributed by atoms with van der Waals surface area (Å²) in [7, 11) is 0. The second kappa shape index (κ2) is 7.94. The first kappa shape index (κ1) is 17.2. The van der Waals surface area contributed by atoms with Crippen LogP contribution < -0.4 is 5.32 Å². The van der Waals surface area contributed by atoms with E-state index in [9.17, 15) is 5.11 Å². The molecule has 2 rings (SSSR count). The molecule has 0 bridgehead atoms. The smallest absolute Gasteiger partial charge is 0.0610 e.